The Morgan fingerprint density at radius 2 is 1.84 bits per heavy atom. The molecule has 2 heterocycles. The average Bonchev–Trinajstić information content (AvgIpc) is 2.99. The van der Waals surface area contributed by atoms with Crippen molar-refractivity contribution in [2.45, 2.75) is 57.9 Å². The van der Waals surface area contributed by atoms with Gasteiger partial charge in [0.05, 0.1) is 24.7 Å². The van der Waals surface area contributed by atoms with E-state index in [1.165, 1.54) is 26.8 Å². The molecule has 0 N–H and O–H groups in total. The lowest BCUT2D eigenvalue weighted by Crippen LogP contribution is -2.40. The number of sulfonamides is 1. The fourth-order valence-electron chi connectivity index (χ4n) is 4.87. The van der Waals surface area contributed by atoms with Crippen LogP contribution in [0.2, 0.25) is 0 Å². The summed E-state index contributed by atoms with van der Waals surface area (Å²) in [5, 5.41) is 0. The molecule has 1 aliphatic heterocycles. The van der Waals surface area contributed by atoms with E-state index in [-0.39, 0.29) is 5.78 Å². The summed E-state index contributed by atoms with van der Waals surface area (Å²) in [5.41, 5.74) is 6.26. The van der Waals surface area contributed by atoms with Gasteiger partial charge >= 0.3 is 0 Å². The van der Waals surface area contributed by atoms with Gasteiger partial charge in [-0.1, -0.05) is 19.1 Å². The van der Waals surface area contributed by atoms with Crippen molar-refractivity contribution >= 4 is 15.8 Å². The lowest BCUT2D eigenvalue weighted by atomic mass is 9.85. The van der Waals surface area contributed by atoms with E-state index in [0.29, 0.717) is 43.7 Å². The molecule has 1 unspecified atom stereocenters. The fraction of sp³-hybridized carbons (Fsp3) is 0.542. The van der Waals surface area contributed by atoms with Crippen LogP contribution in [0.3, 0.4) is 0 Å². The first-order valence-electron chi connectivity index (χ1n) is 11.1. The number of carbonyl (C=O) groups is 1. The number of hydrogen-bond acceptors (Lipinski definition) is 4. The monoisotopic (exact) mass is 444 g/mol. The molecule has 0 spiro atoms. The number of aromatic nitrogens is 1. The first kappa shape index (κ1) is 22.2. The molecule has 7 heteroatoms. The van der Waals surface area contributed by atoms with Crippen LogP contribution in [-0.2, 0) is 45.4 Å². The number of rotatable bonds is 6. The molecule has 2 aromatic rings. The molecule has 1 aliphatic carbocycles. The number of hydrogen-bond donors (Lipinski definition) is 0. The number of ketones is 1. The highest BCUT2D eigenvalue weighted by molar-refractivity contribution is 7.89. The zero-order valence-electron chi connectivity index (χ0n) is 18.7. The van der Waals surface area contributed by atoms with Gasteiger partial charge in [0.2, 0.25) is 10.0 Å². The van der Waals surface area contributed by atoms with Gasteiger partial charge in [0.15, 0.2) is 0 Å². The van der Waals surface area contributed by atoms with Crippen LogP contribution in [0.4, 0.5) is 0 Å². The molecule has 1 aromatic carbocycles. The predicted octanol–water partition coefficient (Wildman–Crippen LogP) is 3.12. The van der Waals surface area contributed by atoms with Crippen molar-refractivity contribution in [1.29, 1.82) is 0 Å². The summed E-state index contributed by atoms with van der Waals surface area (Å²) in [4.78, 5) is 12.2. The Morgan fingerprint density at radius 1 is 1.16 bits per heavy atom. The smallest absolute Gasteiger partial charge is 0.243 e. The first-order valence-corrected chi connectivity index (χ1v) is 12.6. The summed E-state index contributed by atoms with van der Waals surface area (Å²) in [7, 11) is -3.48. The second-order valence-electron chi connectivity index (χ2n) is 8.96. The van der Waals surface area contributed by atoms with Gasteiger partial charge < -0.3 is 9.30 Å². The summed E-state index contributed by atoms with van der Waals surface area (Å²) in [6.07, 6.45) is 3.97. The molecule has 0 radical (unpaired) electrons. The van der Waals surface area contributed by atoms with Crippen molar-refractivity contribution in [3.05, 3.63) is 52.3 Å². The highest BCUT2D eigenvalue weighted by atomic mass is 32.2. The van der Waals surface area contributed by atoms with Crippen molar-refractivity contribution < 1.29 is 17.9 Å². The van der Waals surface area contributed by atoms with Gasteiger partial charge in [-0.25, -0.2) is 8.42 Å². The maximum absolute atomic E-state index is 12.9. The van der Waals surface area contributed by atoms with E-state index < -0.39 is 10.0 Å². The lowest BCUT2D eigenvalue weighted by molar-refractivity contribution is -0.117. The fourth-order valence-corrected chi connectivity index (χ4v) is 6.28. The van der Waals surface area contributed by atoms with Crippen molar-refractivity contribution in [3.8, 4) is 0 Å². The second kappa shape index (κ2) is 8.88. The molecule has 2 aliphatic rings. The predicted molar refractivity (Wildman–Crippen MR) is 120 cm³/mol. The molecular weight excluding hydrogens is 412 g/mol. The highest BCUT2D eigenvalue weighted by Gasteiger charge is 2.28. The van der Waals surface area contributed by atoms with E-state index in [2.05, 4.69) is 18.4 Å². The van der Waals surface area contributed by atoms with Gasteiger partial charge in [-0.2, -0.15) is 4.31 Å². The molecular formula is C24H32N2O4S. The quantitative estimate of drug-likeness (QED) is 0.687. The zero-order valence-corrected chi connectivity index (χ0v) is 19.5. The Morgan fingerprint density at radius 3 is 2.48 bits per heavy atom. The number of benzene rings is 1. The van der Waals surface area contributed by atoms with Crippen LogP contribution in [0, 0.1) is 12.8 Å². The van der Waals surface area contributed by atoms with Gasteiger partial charge in [0.25, 0.3) is 0 Å². The van der Waals surface area contributed by atoms with Crippen LogP contribution in [0.5, 0.6) is 0 Å². The first-order chi connectivity index (χ1) is 14.8. The van der Waals surface area contributed by atoms with Crippen LogP contribution in [0.25, 0.3) is 0 Å². The van der Waals surface area contributed by atoms with E-state index in [4.69, 9.17) is 4.74 Å². The van der Waals surface area contributed by atoms with Crippen molar-refractivity contribution in [1.82, 2.24) is 8.87 Å². The Hall–Kier alpha value is -1.96. The van der Waals surface area contributed by atoms with Crippen molar-refractivity contribution in [2.75, 3.05) is 26.3 Å². The molecule has 6 nitrogen and oxygen atoms in total. The van der Waals surface area contributed by atoms with Crippen LogP contribution >= 0.6 is 0 Å². The number of morpholine rings is 1. The van der Waals surface area contributed by atoms with Gasteiger partial charge in [0, 0.05) is 24.5 Å². The van der Waals surface area contributed by atoms with Gasteiger partial charge in [0.1, 0.15) is 5.78 Å². The number of carbonyl (C=O) groups excluding carboxylic acids is 1. The lowest BCUT2D eigenvalue weighted by Gasteiger charge is -2.26. The summed E-state index contributed by atoms with van der Waals surface area (Å²) < 4.78 is 34.7. The van der Waals surface area contributed by atoms with Gasteiger partial charge in [-0.3, -0.25) is 4.79 Å². The Labute approximate surface area is 185 Å². The number of nitrogens with zero attached hydrogens (tertiary/aromatic N) is 2. The van der Waals surface area contributed by atoms with Crippen molar-refractivity contribution in [2.24, 2.45) is 5.92 Å². The molecule has 1 saturated heterocycles. The average molecular weight is 445 g/mol. The summed E-state index contributed by atoms with van der Waals surface area (Å²) in [6.45, 7) is 8.15. The van der Waals surface area contributed by atoms with E-state index in [1.807, 2.05) is 12.1 Å². The molecule has 1 fully saturated rings. The largest absolute Gasteiger partial charge is 0.379 e. The third-order valence-electron chi connectivity index (χ3n) is 6.60. The maximum atomic E-state index is 12.9. The molecule has 0 saturated carbocycles. The SMILES string of the molecule is CC(=O)Cn1c(C)c(Cc2ccc(S(=O)(=O)N3CCOCC3)cc2)c2c1CCC(C)C2. The van der Waals surface area contributed by atoms with E-state index in [9.17, 15) is 13.2 Å². The number of ether oxygens (including phenoxy) is 1. The second-order valence-corrected chi connectivity index (χ2v) is 10.9. The highest BCUT2D eigenvalue weighted by Crippen LogP contribution is 2.34. The molecule has 0 amide bonds. The minimum atomic E-state index is -3.48. The van der Waals surface area contributed by atoms with Crippen LogP contribution in [0.1, 0.15) is 48.3 Å². The number of fused-ring (bicyclic) bond motifs is 1. The molecule has 1 aromatic heterocycles. The van der Waals surface area contributed by atoms with E-state index in [1.54, 1.807) is 19.1 Å². The molecule has 31 heavy (non-hydrogen) atoms. The Kier molecular flexibility index (Phi) is 6.37. The molecule has 1 atom stereocenters. The number of Topliss-reactive ketones (excluding diaryl/α,β-unsaturated/α-hetero) is 1. The maximum Gasteiger partial charge on any atom is 0.243 e. The normalized spacial score (nSPS) is 19.9. The Bertz CT molecular complexity index is 1060. The van der Waals surface area contributed by atoms with Gasteiger partial charge in [-0.05, 0) is 74.3 Å². The van der Waals surface area contributed by atoms with Crippen LogP contribution < -0.4 is 0 Å². The van der Waals surface area contributed by atoms with Crippen LogP contribution in [-0.4, -0.2) is 49.4 Å². The summed E-state index contributed by atoms with van der Waals surface area (Å²) in [6, 6.07) is 7.29. The van der Waals surface area contributed by atoms with Crippen LogP contribution in [0.15, 0.2) is 29.2 Å². The minimum absolute atomic E-state index is 0.170. The topological polar surface area (TPSA) is 68.6 Å². The van der Waals surface area contributed by atoms with E-state index >= 15 is 0 Å². The molecule has 0 bridgehead atoms. The van der Waals surface area contributed by atoms with E-state index in [0.717, 1.165) is 31.2 Å². The summed E-state index contributed by atoms with van der Waals surface area (Å²) in [5.74, 6) is 0.809. The van der Waals surface area contributed by atoms with Gasteiger partial charge in [-0.15, -0.1) is 0 Å². The third kappa shape index (κ3) is 4.49. The molecule has 168 valence electrons. The minimum Gasteiger partial charge on any atom is -0.379 e. The standard InChI is InChI=1S/C24H32N2O4S/c1-17-4-9-24-23(14-17)22(19(3)26(24)16-18(2)27)15-20-5-7-21(8-6-20)31(28,29)25-10-12-30-13-11-25/h5-8,17H,4,9-16H2,1-3H3. The third-order valence-corrected chi connectivity index (χ3v) is 8.51. The zero-order chi connectivity index (χ0) is 22.2. The Balaban J connectivity index is 1.61. The van der Waals surface area contributed by atoms with Crippen molar-refractivity contribution in [3.63, 3.8) is 0 Å². The molecule has 4 rings (SSSR count). The summed E-state index contributed by atoms with van der Waals surface area (Å²) >= 11 is 0.